The summed E-state index contributed by atoms with van der Waals surface area (Å²) in [6.07, 6.45) is 0. The molecule has 0 fully saturated rings. The first-order valence-electron chi connectivity index (χ1n) is 10.3. The molecule has 0 heterocycles. The van der Waals surface area contributed by atoms with Gasteiger partial charge in [0.25, 0.3) is 11.8 Å². The van der Waals surface area contributed by atoms with Crippen molar-refractivity contribution in [1.82, 2.24) is 5.32 Å². The van der Waals surface area contributed by atoms with E-state index in [0.29, 0.717) is 29.0 Å². The SMILES string of the molecule is CCNC(=O)c1cccc(NCC(=O)Nc2ccc(C(=O)N(C)c3ccccc3)cc2)c1. The molecule has 3 amide bonds. The molecule has 3 N–H and O–H groups in total. The third-order valence-corrected chi connectivity index (χ3v) is 4.78. The van der Waals surface area contributed by atoms with E-state index in [1.807, 2.05) is 37.3 Å². The number of hydrogen-bond donors (Lipinski definition) is 3. The van der Waals surface area contributed by atoms with Gasteiger partial charge in [-0.2, -0.15) is 0 Å². The summed E-state index contributed by atoms with van der Waals surface area (Å²) in [6.45, 7) is 2.44. The Morgan fingerprint density at radius 3 is 2.22 bits per heavy atom. The maximum absolute atomic E-state index is 12.7. The molecule has 0 aliphatic heterocycles. The minimum Gasteiger partial charge on any atom is -0.376 e. The quantitative estimate of drug-likeness (QED) is 0.508. The number of nitrogens with one attached hydrogen (secondary N) is 3. The van der Waals surface area contributed by atoms with Crippen LogP contribution in [0, 0.1) is 0 Å². The third-order valence-electron chi connectivity index (χ3n) is 4.78. The van der Waals surface area contributed by atoms with Gasteiger partial charge in [0.1, 0.15) is 0 Å². The minimum atomic E-state index is -0.242. The number of nitrogens with zero attached hydrogens (tertiary/aromatic N) is 1. The summed E-state index contributed by atoms with van der Waals surface area (Å²) in [4.78, 5) is 38.5. The molecule has 32 heavy (non-hydrogen) atoms. The molecule has 7 nitrogen and oxygen atoms in total. The minimum absolute atomic E-state index is 0.0380. The monoisotopic (exact) mass is 430 g/mol. The van der Waals surface area contributed by atoms with Gasteiger partial charge in [-0.1, -0.05) is 24.3 Å². The normalized spacial score (nSPS) is 10.2. The fourth-order valence-corrected chi connectivity index (χ4v) is 3.08. The van der Waals surface area contributed by atoms with Crippen LogP contribution in [0.15, 0.2) is 78.9 Å². The zero-order valence-electron chi connectivity index (χ0n) is 18.1. The number of benzene rings is 3. The predicted octanol–water partition coefficient (Wildman–Crippen LogP) is 3.76. The zero-order chi connectivity index (χ0) is 22.9. The number of rotatable bonds is 8. The van der Waals surface area contributed by atoms with Crippen molar-refractivity contribution in [1.29, 1.82) is 0 Å². The molecule has 3 aromatic rings. The Bertz CT molecular complexity index is 1080. The van der Waals surface area contributed by atoms with Gasteiger partial charge in [-0.3, -0.25) is 14.4 Å². The molecule has 0 aliphatic rings. The van der Waals surface area contributed by atoms with E-state index in [1.54, 1.807) is 60.5 Å². The van der Waals surface area contributed by atoms with Gasteiger partial charge in [0.15, 0.2) is 0 Å². The highest BCUT2D eigenvalue weighted by atomic mass is 16.2. The number of amides is 3. The topological polar surface area (TPSA) is 90.5 Å². The van der Waals surface area contributed by atoms with Gasteiger partial charge in [0.2, 0.25) is 5.91 Å². The van der Waals surface area contributed by atoms with Crippen LogP contribution in [0.3, 0.4) is 0 Å². The zero-order valence-corrected chi connectivity index (χ0v) is 18.1. The smallest absolute Gasteiger partial charge is 0.258 e. The van der Waals surface area contributed by atoms with Crippen LogP contribution in [0.5, 0.6) is 0 Å². The third kappa shape index (κ3) is 5.95. The summed E-state index contributed by atoms with van der Waals surface area (Å²) in [7, 11) is 1.72. The summed E-state index contributed by atoms with van der Waals surface area (Å²) >= 11 is 0. The highest BCUT2D eigenvalue weighted by Crippen LogP contribution is 2.17. The van der Waals surface area contributed by atoms with Crippen LogP contribution >= 0.6 is 0 Å². The molecule has 3 rings (SSSR count). The molecule has 3 aromatic carbocycles. The first-order valence-corrected chi connectivity index (χ1v) is 10.3. The Morgan fingerprint density at radius 2 is 1.53 bits per heavy atom. The van der Waals surface area contributed by atoms with Crippen LogP contribution in [0.25, 0.3) is 0 Å². The molecule has 0 radical (unpaired) electrons. The molecule has 0 atom stereocenters. The fourth-order valence-electron chi connectivity index (χ4n) is 3.08. The number of anilines is 3. The Labute approximate surface area is 187 Å². The van der Waals surface area contributed by atoms with E-state index >= 15 is 0 Å². The van der Waals surface area contributed by atoms with Crippen molar-refractivity contribution in [3.8, 4) is 0 Å². The van der Waals surface area contributed by atoms with Crippen LogP contribution < -0.4 is 20.9 Å². The van der Waals surface area contributed by atoms with Crippen LogP contribution in [-0.2, 0) is 4.79 Å². The highest BCUT2D eigenvalue weighted by molar-refractivity contribution is 6.06. The molecule has 0 saturated carbocycles. The van der Waals surface area contributed by atoms with Gasteiger partial charge < -0.3 is 20.9 Å². The van der Waals surface area contributed by atoms with Gasteiger partial charge in [-0.15, -0.1) is 0 Å². The molecular formula is C25H26N4O3. The number of hydrogen-bond acceptors (Lipinski definition) is 4. The largest absolute Gasteiger partial charge is 0.376 e. The average Bonchev–Trinajstić information content (AvgIpc) is 2.83. The summed E-state index contributed by atoms with van der Waals surface area (Å²) in [5, 5.41) is 8.55. The van der Waals surface area contributed by atoms with Crippen LogP contribution in [0.2, 0.25) is 0 Å². The van der Waals surface area contributed by atoms with Crippen molar-refractivity contribution < 1.29 is 14.4 Å². The van der Waals surface area contributed by atoms with E-state index in [1.165, 1.54) is 0 Å². The number of carbonyl (C=O) groups is 3. The van der Waals surface area contributed by atoms with Crippen molar-refractivity contribution in [2.24, 2.45) is 0 Å². The summed E-state index contributed by atoms with van der Waals surface area (Å²) in [5.74, 6) is -0.537. The van der Waals surface area contributed by atoms with E-state index < -0.39 is 0 Å². The maximum Gasteiger partial charge on any atom is 0.258 e. The molecule has 7 heteroatoms. The Kier molecular flexibility index (Phi) is 7.59. The van der Waals surface area contributed by atoms with Crippen molar-refractivity contribution >= 4 is 34.8 Å². The van der Waals surface area contributed by atoms with E-state index in [0.717, 1.165) is 5.69 Å². The molecule has 0 aliphatic carbocycles. The Hall–Kier alpha value is -4.13. The van der Waals surface area contributed by atoms with Crippen molar-refractivity contribution in [2.75, 3.05) is 35.7 Å². The second-order valence-corrected chi connectivity index (χ2v) is 7.12. The first kappa shape index (κ1) is 22.6. The molecular weight excluding hydrogens is 404 g/mol. The predicted molar refractivity (Wildman–Crippen MR) is 127 cm³/mol. The van der Waals surface area contributed by atoms with Crippen LogP contribution in [-0.4, -0.2) is 37.9 Å². The summed E-state index contributed by atoms with van der Waals surface area (Å²) < 4.78 is 0. The number of para-hydroxylation sites is 1. The second-order valence-electron chi connectivity index (χ2n) is 7.12. The summed E-state index contributed by atoms with van der Waals surface area (Å²) in [5.41, 5.74) is 3.12. The molecule has 0 aromatic heterocycles. The first-order chi connectivity index (χ1) is 15.5. The average molecular weight is 431 g/mol. The van der Waals surface area contributed by atoms with Crippen molar-refractivity contribution in [3.05, 3.63) is 90.0 Å². The van der Waals surface area contributed by atoms with E-state index in [4.69, 9.17) is 0 Å². The lowest BCUT2D eigenvalue weighted by Gasteiger charge is -2.17. The van der Waals surface area contributed by atoms with Gasteiger partial charge in [0, 0.05) is 41.8 Å². The standard InChI is InChI=1S/C25H26N4O3/c1-3-26-24(31)19-8-7-9-21(16-19)27-17-23(30)28-20-14-12-18(13-15-20)25(32)29(2)22-10-5-4-6-11-22/h4-16,27H,3,17H2,1-2H3,(H,26,31)(H,28,30). The molecule has 0 bridgehead atoms. The molecule has 164 valence electrons. The lowest BCUT2D eigenvalue weighted by Crippen LogP contribution is -2.26. The Balaban J connectivity index is 1.54. The van der Waals surface area contributed by atoms with Crippen LogP contribution in [0.1, 0.15) is 27.6 Å². The van der Waals surface area contributed by atoms with Gasteiger partial charge in [0.05, 0.1) is 6.54 Å². The molecule has 0 saturated heterocycles. The van der Waals surface area contributed by atoms with E-state index in [9.17, 15) is 14.4 Å². The highest BCUT2D eigenvalue weighted by Gasteiger charge is 2.13. The summed E-state index contributed by atoms with van der Waals surface area (Å²) in [6, 6.07) is 23.1. The van der Waals surface area contributed by atoms with Crippen molar-refractivity contribution in [3.63, 3.8) is 0 Å². The van der Waals surface area contributed by atoms with E-state index in [-0.39, 0.29) is 24.3 Å². The molecule has 0 unspecified atom stereocenters. The fraction of sp³-hybridized carbons (Fsp3) is 0.160. The van der Waals surface area contributed by atoms with Crippen molar-refractivity contribution in [2.45, 2.75) is 6.92 Å². The van der Waals surface area contributed by atoms with E-state index in [2.05, 4.69) is 16.0 Å². The Morgan fingerprint density at radius 1 is 0.812 bits per heavy atom. The molecule has 0 spiro atoms. The van der Waals surface area contributed by atoms with Gasteiger partial charge in [-0.05, 0) is 61.5 Å². The van der Waals surface area contributed by atoms with Crippen LogP contribution in [0.4, 0.5) is 17.1 Å². The maximum atomic E-state index is 12.7. The van der Waals surface area contributed by atoms with Gasteiger partial charge in [-0.25, -0.2) is 0 Å². The lowest BCUT2D eigenvalue weighted by atomic mass is 10.1. The lowest BCUT2D eigenvalue weighted by molar-refractivity contribution is -0.114. The van der Waals surface area contributed by atoms with Gasteiger partial charge >= 0.3 is 0 Å². The number of carbonyl (C=O) groups excluding carboxylic acids is 3. The second kappa shape index (κ2) is 10.8.